The third kappa shape index (κ3) is 4.34. The number of ether oxygens (including phenoxy) is 1. The molecule has 1 heterocycles. The van der Waals surface area contributed by atoms with Crippen molar-refractivity contribution in [3.05, 3.63) is 30.1 Å². The van der Waals surface area contributed by atoms with Crippen molar-refractivity contribution in [2.75, 3.05) is 12.9 Å². The van der Waals surface area contributed by atoms with Crippen LogP contribution >= 0.6 is 11.8 Å². The lowest BCUT2D eigenvalue weighted by Crippen LogP contribution is -2.14. The largest absolute Gasteiger partial charge is 0.469 e. The van der Waals surface area contributed by atoms with Crippen molar-refractivity contribution in [2.45, 2.75) is 12.7 Å². The van der Waals surface area contributed by atoms with E-state index in [0.29, 0.717) is 0 Å². The second kappa shape index (κ2) is 6.45. The molecule has 1 aromatic rings. The highest BCUT2D eigenvalue weighted by atomic mass is 32.2. The molecule has 1 rings (SSSR count). The van der Waals surface area contributed by atoms with Crippen molar-refractivity contribution in [2.24, 2.45) is 5.92 Å². The minimum Gasteiger partial charge on any atom is -0.469 e. The molecule has 0 aliphatic heterocycles. The number of aromatic nitrogens is 1. The molecule has 0 aliphatic rings. The van der Waals surface area contributed by atoms with Gasteiger partial charge in [-0.25, -0.2) is 0 Å². The number of rotatable bonds is 5. The molecule has 0 spiro atoms. The van der Waals surface area contributed by atoms with Crippen LogP contribution in [0.3, 0.4) is 0 Å². The van der Waals surface area contributed by atoms with Crippen LogP contribution in [0.2, 0.25) is 0 Å². The maximum atomic E-state index is 11.1. The summed E-state index contributed by atoms with van der Waals surface area (Å²) in [5.41, 5.74) is 1.04. The molecule has 82 valence electrons. The number of thioether (sulfide) groups is 1. The van der Waals surface area contributed by atoms with Crippen LogP contribution in [0.25, 0.3) is 0 Å². The number of methoxy groups -OCH3 is 1. The van der Waals surface area contributed by atoms with Crippen LogP contribution in [-0.2, 0) is 15.3 Å². The zero-order valence-corrected chi connectivity index (χ0v) is 9.79. The maximum Gasteiger partial charge on any atom is 0.309 e. The molecule has 1 unspecified atom stereocenters. The molecule has 3 nitrogen and oxygen atoms in total. The first-order valence-corrected chi connectivity index (χ1v) is 5.95. The number of hydrogen-bond acceptors (Lipinski definition) is 4. The second-order valence-electron chi connectivity index (χ2n) is 3.26. The Morgan fingerprint density at radius 1 is 1.60 bits per heavy atom. The van der Waals surface area contributed by atoms with Gasteiger partial charge in [-0.15, -0.1) is 0 Å². The Kier molecular flexibility index (Phi) is 5.18. The van der Waals surface area contributed by atoms with Crippen LogP contribution in [-0.4, -0.2) is 23.8 Å². The summed E-state index contributed by atoms with van der Waals surface area (Å²) in [6.07, 6.45) is 1.78. The zero-order valence-electron chi connectivity index (χ0n) is 8.97. The van der Waals surface area contributed by atoms with Gasteiger partial charge < -0.3 is 4.74 Å². The van der Waals surface area contributed by atoms with Gasteiger partial charge in [0.2, 0.25) is 0 Å². The first kappa shape index (κ1) is 12.0. The van der Waals surface area contributed by atoms with E-state index >= 15 is 0 Å². The van der Waals surface area contributed by atoms with Crippen molar-refractivity contribution in [3.8, 4) is 0 Å². The fraction of sp³-hybridized carbons (Fsp3) is 0.455. The van der Waals surface area contributed by atoms with E-state index in [4.69, 9.17) is 0 Å². The molecular formula is C11H15NO2S. The quantitative estimate of drug-likeness (QED) is 0.720. The molecule has 15 heavy (non-hydrogen) atoms. The lowest BCUT2D eigenvalue weighted by molar-refractivity contribution is -0.143. The monoisotopic (exact) mass is 225 g/mol. The highest BCUT2D eigenvalue weighted by molar-refractivity contribution is 7.98. The summed E-state index contributed by atoms with van der Waals surface area (Å²) in [6, 6.07) is 5.84. The second-order valence-corrected chi connectivity index (χ2v) is 4.29. The van der Waals surface area contributed by atoms with Gasteiger partial charge in [-0.3, -0.25) is 9.78 Å². The van der Waals surface area contributed by atoms with E-state index in [-0.39, 0.29) is 11.9 Å². The van der Waals surface area contributed by atoms with Gasteiger partial charge in [-0.2, -0.15) is 11.8 Å². The Bertz CT molecular complexity index is 303. The molecule has 1 aromatic heterocycles. The average Bonchev–Trinajstić information content (AvgIpc) is 2.29. The van der Waals surface area contributed by atoms with E-state index in [0.717, 1.165) is 17.2 Å². The van der Waals surface area contributed by atoms with E-state index in [1.165, 1.54) is 7.11 Å². The summed E-state index contributed by atoms with van der Waals surface area (Å²) >= 11 is 1.69. The summed E-state index contributed by atoms with van der Waals surface area (Å²) in [6.45, 7) is 1.87. The Balaban J connectivity index is 2.25. The zero-order chi connectivity index (χ0) is 11.1. The Morgan fingerprint density at radius 2 is 2.40 bits per heavy atom. The van der Waals surface area contributed by atoms with E-state index < -0.39 is 0 Å². The number of hydrogen-bond donors (Lipinski definition) is 0. The number of pyridine rings is 1. The van der Waals surface area contributed by atoms with Crippen molar-refractivity contribution in [1.82, 2.24) is 4.98 Å². The Labute approximate surface area is 94.2 Å². The van der Waals surface area contributed by atoms with Gasteiger partial charge in [0.15, 0.2) is 0 Å². The van der Waals surface area contributed by atoms with E-state index in [1.807, 2.05) is 25.1 Å². The van der Waals surface area contributed by atoms with Gasteiger partial charge >= 0.3 is 5.97 Å². The number of carbonyl (C=O) groups is 1. The van der Waals surface area contributed by atoms with Gasteiger partial charge in [0.1, 0.15) is 0 Å². The number of carbonyl (C=O) groups excluding carboxylic acids is 1. The molecule has 0 bridgehead atoms. The van der Waals surface area contributed by atoms with Gasteiger partial charge in [0, 0.05) is 17.7 Å². The molecular weight excluding hydrogens is 210 g/mol. The molecule has 1 atom stereocenters. The predicted octanol–water partition coefficient (Wildman–Crippen LogP) is 2.12. The third-order valence-electron chi connectivity index (χ3n) is 1.95. The lowest BCUT2D eigenvalue weighted by Gasteiger charge is -2.07. The van der Waals surface area contributed by atoms with Crippen LogP contribution in [0.5, 0.6) is 0 Å². The van der Waals surface area contributed by atoms with E-state index in [9.17, 15) is 4.79 Å². The van der Waals surface area contributed by atoms with Gasteiger partial charge in [0.25, 0.3) is 0 Å². The third-order valence-corrected chi connectivity index (χ3v) is 3.18. The first-order valence-electron chi connectivity index (χ1n) is 4.79. The normalized spacial score (nSPS) is 12.1. The molecule has 0 aromatic carbocycles. The Morgan fingerprint density at radius 3 is 3.00 bits per heavy atom. The van der Waals surface area contributed by atoms with Crippen LogP contribution in [0.1, 0.15) is 12.6 Å². The Hall–Kier alpha value is -1.03. The molecule has 0 fully saturated rings. The summed E-state index contributed by atoms with van der Waals surface area (Å²) in [5.74, 6) is 1.40. The molecule has 0 saturated carbocycles. The summed E-state index contributed by atoms with van der Waals surface area (Å²) < 4.78 is 4.65. The maximum absolute atomic E-state index is 11.1. The standard InChI is InChI=1S/C11H15NO2S/c1-9(11(13)14-2)7-15-8-10-5-3-4-6-12-10/h3-6,9H,7-8H2,1-2H3. The van der Waals surface area contributed by atoms with Crippen molar-refractivity contribution < 1.29 is 9.53 Å². The smallest absolute Gasteiger partial charge is 0.309 e. The minimum atomic E-state index is -0.150. The number of esters is 1. The minimum absolute atomic E-state index is 0.0521. The van der Waals surface area contributed by atoms with Gasteiger partial charge in [-0.1, -0.05) is 13.0 Å². The molecule has 0 amide bonds. The van der Waals surface area contributed by atoms with Gasteiger partial charge in [0.05, 0.1) is 18.7 Å². The number of nitrogens with zero attached hydrogens (tertiary/aromatic N) is 1. The fourth-order valence-electron chi connectivity index (χ4n) is 1.09. The summed E-state index contributed by atoms with van der Waals surface area (Å²) in [5, 5.41) is 0. The average molecular weight is 225 g/mol. The van der Waals surface area contributed by atoms with E-state index in [1.54, 1.807) is 18.0 Å². The first-order chi connectivity index (χ1) is 7.24. The predicted molar refractivity (Wildman–Crippen MR) is 61.6 cm³/mol. The highest BCUT2D eigenvalue weighted by Crippen LogP contribution is 2.14. The highest BCUT2D eigenvalue weighted by Gasteiger charge is 2.12. The van der Waals surface area contributed by atoms with Crippen LogP contribution in [0.15, 0.2) is 24.4 Å². The SMILES string of the molecule is COC(=O)C(C)CSCc1ccccn1. The van der Waals surface area contributed by atoms with E-state index in [2.05, 4.69) is 9.72 Å². The topological polar surface area (TPSA) is 39.2 Å². The fourth-order valence-corrected chi connectivity index (χ4v) is 2.08. The van der Waals surface area contributed by atoms with Crippen molar-refractivity contribution in [3.63, 3.8) is 0 Å². The van der Waals surface area contributed by atoms with Crippen LogP contribution in [0.4, 0.5) is 0 Å². The molecule has 0 radical (unpaired) electrons. The molecule has 0 aliphatic carbocycles. The molecule has 0 N–H and O–H groups in total. The summed E-state index contributed by atoms with van der Waals surface area (Å²) in [7, 11) is 1.42. The van der Waals surface area contributed by atoms with Crippen LogP contribution in [0, 0.1) is 5.92 Å². The summed E-state index contributed by atoms with van der Waals surface area (Å²) in [4.78, 5) is 15.3. The lowest BCUT2D eigenvalue weighted by atomic mass is 10.2. The van der Waals surface area contributed by atoms with Crippen LogP contribution < -0.4 is 0 Å². The molecule has 0 saturated heterocycles. The van der Waals surface area contributed by atoms with Gasteiger partial charge in [-0.05, 0) is 12.1 Å². The molecule has 4 heteroatoms. The van der Waals surface area contributed by atoms with Crippen molar-refractivity contribution >= 4 is 17.7 Å². The van der Waals surface area contributed by atoms with Crippen molar-refractivity contribution in [1.29, 1.82) is 0 Å².